The van der Waals surface area contributed by atoms with Crippen molar-refractivity contribution >= 4 is 11.9 Å². The van der Waals surface area contributed by atoms with Gasteiger partial charge in [-0.2, -0.15) is 5.48 Å². The maximum Gasteiger partial charge on any atom is 0.335 e. The molecule has 0 fully saturated rings. The molecule has 1 unspecified atom stereocenters. The third kappa shape index (κ3) is 3.34. The number of rotatable bonds is 3. The lowest BCUT2D eigenvalue weighted by atomic mass is 10.1. The fourth-order valence-corrected chi connectivity index (χ4v) is 0.920. The minimum atomic E-state index is -0.482. The molecule has 0 bridgehead atoms. The van der Waals surface area contributed by atoms with E-state index in [0.717, 1.165) is 0 Å². The van der Waals surface area contributed by atoms with Crippen LogP contribution in [-0.2, 0) is 9.63 Å². The summed E-state index contributed by atoms with van der Waals surface area (Å²) < 4.78 is 0. The summed E-state index contributed by atoms with van der Waals surface area (Å²) >= 11 is 0. The molecule has 1 aromatic heterocycles. The molecule has 86 valence electrons. The van der Waals surface area contributed by atoms with Crippen molar-refractivity contribution in [3.63, 3.8) is 0 Å². The number of amides is 1. The Bertz CT molecular complexity index is 365. The second kappa shape index (κ2) is 5.85. The van der Waals surface area contributed by atoms with Crippen molar-refractivity contribution in [2.75, 3.05) is 0 Å². The number of pyridine rings is 1. The van der Waals surface area contributed by atoms with Gasteiger partial charge in [-0.1, -0.05) is 13.8 Å². The lowest BCUT2D eigenvalue weighted by Gasteiger charge is -2.08. The number of carbonyl (C=O) groups is 2. The van der Waals surface area contributed by atoms with Crippen LogP contribution in [0.1, 0.15) is 30.6 Å². The summed E-state index contributed by atoms with van der Waals surface area (Å²) in [6, 6.07) is 3.21. The zero-order chi connectivity index (χ0) is 12.0. The highest BCUT2D eigenvalue weighted by atomic mass is 16.7. The summed E-state index contributed by atoms with van der Waals surface area (Å²) in [5.41, 5.74) is 2.43. The molecule has 0 saturated heterocycles. The minimum absolute atomic E-state index is 0.228. The summed E-state index contributed by atoms with van der Waals surface area (Å²) in [6.07, 6.45) is 3.62. The standard InChI is InChI=1S/C11H14N2O3/c1-3-8(2)11(15)16-13-10(14)9-5-4-6-12-7-9/h4-8H,3H2,1-2H3,(H,13,14). The molecule has 1 rings (SSSR count). The summed E-state index contributed by atoms with van der Waals surface area (Å²) in [4.78, 5) is 31.1. The average Bonchev–Trinajstić information content (AvgIpc) is 2.35. The Morgan fingerprint density at radius 2 is 2.31 bits per heavy atom. The summed E-state index contributed by atoms with van der Waals surface area (Å²) in [6.45, 7) is 3.60. The number of aromatic nitrogens is 1. The van der Waals surface area contributed by atoms with Gasteiger partial charge in [0.1, 0.15) is 0 Å². The molecule has 0 aliphatic rings. The second-order valence-electron chi connectivity index (χ2n) is 3.40. The van der Waals surface area contributed by atoms with Crippen molar-refractivity contribution in [2.24, 2.45) is 5.92 Å². The molecule has 1 amide bonds. The Balaban J connectivity index is 2.45. The Labute approximate surface area is 93.8 Å². The van der Waals surface area contributed by atoms with Gasteiger partial charge < -0.3 is 4.84 Å². The normalized spacial score (nSPS) is 11.6. The van der Waals surface area contributed by atoms with E-state index in [4.69, 9.17) is 0 Å². The average molecular weight is 222 g/mol. The largest absolute Gasteiger partial charge is 0.340 e. The quantitative estimate of drug-likeness (QED) is 0.783. The molecule has 5 nitrogen and oxygen atoms in total. The number of carbonyl (C=O) groups excluding carboxylic acids is 2. The molecule has 5 heteroatoms. The predicted molar refractivity (Wildman–Crippen MR) is 57.3 cm³/mol. The van der Waals surface area contributed by atoms with Crippen LogP contribution in [0.2, 0.25) is 0 Å². The van der Waals surface area contributed by atoms with Gasteiger partial charge in [0.25, 0.3) is 5.91 Å². The monoisotopic (exact) mass is 222 g/mol. The summed E-state index contributed by atoms with van der Waals surface area (Å²) in [5.74, 6) is -1.15. The van der Waals surface area contributed by atoms with Crippen LogP contribution in [0.5, 0.6) is 0 Å². The lowest BCUT2D eigenvalue weighted by molar-refractivity contribution is -0.153. The molecule has 0 saturated carbocycles. The molecule has 1 N–H and O–H groups in total. The van der Waals surface area contributed by atoms with Gasteiger partial charge in [0.15, 0.2) is 0 Å². The highest BCUT2D eigenvalue weighted by molar-refractivity contribution is 5.93. The van der Waals surface area contributed by atoms with Crippen LogP contribution >= 0.6 is 0 Å². The molecule has 0 aliphatic carbocycles. The lowest BCUT2D eigenvalue weighted by Crippen LogP contribution is -2.29. The first-order valence-corrected chi connectivity index (χ1v) is 5.06. The van der Waals surface area contributed by atoms with Gasteiger partial charge in [-0.05, 0) is 18.6 Å². The van der Waals surface area contributed by atoms with Crippen LogP contribution < -0.4 is 5.48 Å². The van der Waals surface area contributed by atoms with Crippen molar-refractivity contribution < 1.29 is 14.4 Å². The number of hydroxylamine groups is 1. The fraction of sp³-hybridized carbons (Fsp3) is 0.364. The van der Waals surface area contributed by atoms with Crippen LogP contribution in [-0.4, -0.2) is 16.9 Å². The van der Waals surface area contributed by atoms with E-state index in [-0.39, 0.29) is 5.92 Å². The van der Waals surface area contributed by atoms with Gasteiger partial charge >= 0.3 is 5.97 Å². The molecular weight excluding hydrogens is 208 g/mol. The Kier molecular flexibility index (Phi) is 4.44. The molecule has 0 spiro atoms. The van der Waals surface area contributed by atoms with Crippen molar-refractivity contribution in [1.29, 1.82) is 0 Å². The maximum atomic E-state index is 11.4. The Hall–Kier alpha value is -1.91. The topological polar surface area (TPSA) is 68.3 Å². The smallest absolute Gasteiger partial charge is 0.335 e. The molecule has 1 aromatic rings. The van der Waals surface area contributed by atoms with E-state index < -0.39 is 11.9 Å². The van der Waals surface area contributed by atoms with Gasteiger partial charge in [0.05, 0.1) is 11.5 Å². The molecule has 16 heavy (non-hydrogen) atoms. The fourth-order valence-electron chi connectivity index (χ4n) is 0.920. The molecule has 1 heterocycles. The van der Waals surface area contributed by atoms with E-state index >= 15 is 0 Å². The van der Waals surface area contributed by atoms with Gasteiger partial charge in [-0.25, -0.2) is 4.79 Å². The van der Waals surface area contributed by atoms with Crippen molar-refractivity contribution in [3.05, 3.63) is 30.1 Å². The zero-order valence-corrected chi connectivity index (χ0v) is 9.27. The van der Waals surface area contributed by atoms with Crippen LogP contribution in [0.25, 0.3) is 0 Å². The second-order valence-corrected chi connectivity index (χ2v) is 3.40. The minimum Gasteiger partial charge on any atom is -0.340 e. The highest BCUT2D eigenvalue weighted by Crippen LogP contribution is 2.02. The maximum absolute atomic E-state index is 11.4. The number of nitrogens with one attached hydrogen (secondary N) is 1. The van der Waals surface area contributed by atoms with Crippen molar-refractivity contribution in [3.8, 4) is 0 Å². The van der Waals surface area contributed by atoms with Crippen LogP contribution in [0.4, 0.5) is 0 Å². The first-order valence-electron chi connectivity index (χ1n) is 5.06. The van der Waals surface area contributed by atoms with E-state index in [9.17, 15) is 9.59 Å². The third-order valence-corrected chi connectivity index (χ3v) is 2.18. The first kappa shape index (κ1) is 12.2. The first-order chi connectivity index (χ1) is 7.65. The zero-order valence-electron chi connectivity index (χ0n) is 9.27. The van der Waals surface area contributed by atoms with Gasteiger partial charge in [-0.3, -0.25) is 9.78 Å². The summed E-state index contributed by atoms with van der Waals surface area (Å²) in [7, 11) is 0. The van der Waals surface area contributed by atoms with E-state index in [1.807, 2.05) is 6.92 Å². The van der Waals surface area contributed by atoms with E-state index in [0.29, 0.717) is 12.0 Å². The number of hydrogen-bond acceptors (Lipinski definition) is 4. The Morgan fingerprint density at radius 1 is 1.56 bits per heavy atom. The van der Waals surface area contributed by atoms with Gasteiger partial charge in [-0.15, -0.1) is 0 Å². The van der Waals surface area contributed by atoms with Gasteiger partial charge in [0.2, 0.25) is 0 Å². The van der Waals surface area contributed by atoms with Crippen LogP contribution in [0.3, 0.4) is 0 Å². The van der Waals surface area contributed by atoms with Gasteiger partial charge in [0, 0.05) is 12.4 Å². The van der Waals surface area contributed by atoms with E-state index in [2.05, 4.69) is 15.3 Å². The van der Waals surface area contributed by atoms with E-state index in [1.54, 1.807) is 25.3 Å². The third-order valence-electron chi connectivity index (χ3n) is 2.18. The van der Waals surface area contributed by atoms with Crippen LogP contribution in [0.15, 0.2) is 24.5 Å². The summed E-state index contributed by atoms with van der Waals surface area (Å²) in [5, 5.41) is 0. The molecule has 0 aliphatic heterocycles. The number of nitrogens with zero attached hydrogens (tertiary/aromatic N) is 1. The van der Waals surface area contributed by atoms with Crippen molar-refractivity contribution in [1.82, 2.24) is 10.5 Å². The SMILES string of the molecule is CCC(C)C(=O)ONC(=O)c1cccnc1. The Morgan fingerprint density at radius 3 is 2.88 bits per heavy atom. The molecule has 1 atom stereocenters. The number of hydrogen-bond donors (Lipinski definition) is 1. The molecule has 0 radical (unpaired) electrons. The van der Waals surface area contributed by atoms with E-state index in [1.165, 1.54) is 6.20 Å². The highest BCUT2D eigenvalue weighted by Gasteiger charge is 2.14. The van der Waals surface area contributed by atoms with Crippen LogP contribution in [0, 0.1) is 5.92 Å². The van der Waals surface area contributed by atoms with Crippen molar-refractivity contribution in [2.45, 2.75) is 20.3 Å². The predicted octanol–water partition coefficient (Wildman–Crippen LogP) is 1.32. The molecular formula is C11H14N2O3. The molecule has 0 aromatic carbocycles.